The molecule has 1 amide bonds. The van der Waals surface area contributed by atoms with Gasteiger partial charge in [0, 0.05) is 17.8 Å². The second-order valence-corrected chi connectivity index (χ2v) is 6.57. The number of benzene rings is 2. The van der Waals surface area contributed by atoms with Crippen LogP contribution >= 0.6 is 0 Å². The zero-order valence-corrected chi connectivity index (χ0v) is 16.8. The van der Waals surface area contributed by atoms with E-state index in [0.717, 1.165) is 16.8 Å². The maximum atomic E-state index is 12.2. The number of carboxylic acid groups (broad SMARTS) is 1. The number of nitrogens with two attached hydrogens (primary N) is 1. The Labute approximate surface area is 173 Å². The van der Waals surface area contributed by atoms with Crippen LogP contribution in [0.5, 0.6) is 5.75 Å². The minimum absolute atomic E-state index is 0.0439. The summed E-state index contributed by atoms with van der Waals surface area (Å²) in [6.45, 7) is 1.99. The highest BCUT2D eigenvalue weighted by atomic mass is 16.6. The number of aliphatic carboxylic acids is 1. The van der Waals surface area contributed by atoms with Crippen molar-refractivity contribution in [2.75, 3.05) is 13.7 Å². The molecule has 30 heavy (non-hydrogen) atoms. The van der Waals surface area contributed by atoms with Crippen LogP contribution in [0.25, 0.3) is 10.9 Å². The van der Waals surface area contributed by atoms with Crippen molar-refractivity contribution in [3.05, 3.63) is 65.4 Å². The van der Waals surface area contributed by atoms with Gasteiger partial charge in [0.25, 0.3) is 5.91 Å². The lowest BCUT2D eigenvalue weighted by Crippen LogP contribution is -2.26. The normalized spacial score (nSPS) is 11.5. The van der Waals surface area contributed by atoms with Gasteiger partial charge in [-0.15, -0.1) is 0 Å². The number of oxime groups is 1. The van der Waals surface area contributed by atoms with Crippen molar-refractivity contribution in [2.24, 2.45) is 10.9 Å². The molecule has 0 saturated heterocycles. The van der Waals surface area contributed by atoms with E-state index >= 15 is 0 Å². The number of carbonyl (C=O) groups excluding carboxylic acids is 1. The highest BCUT2D eigenvalue weighted by Crippen LogP contribution is 2.35. The number of hydrogen-bond donors (Lipinski definition) is 2. The molecule has 156 valence electrons. The Balaban J connectivity index is 2.33. The van der Waals surface area contributed by atoms with Crippen molar-refractivity contribution in [3.8, 4) is 5.75 Å². The highest BCUT2D eigenvalue weighted by Gasteiger charge is 2.26. The summed E-state index contributed by atoms with van der Waals surface area (Å²) in [6, 6.07) is 15.2. The van der Waals surface area contributed by atoms with Crippen molar-refractivity contribution in [1.82, 2.24) is 4.57 Å². The van der Waals surface area contributed by atoms with E-state index in [2.05, 4.69) is 9.72 Å². The zero-order valence-electron chi connectivity index (χ0n) is 16.8. The maximum absolute atomic E-state index is 12.2. The number of primary amides is 1. The van der Waals surface area contributed by atoms with Crippen LogP contribution < -0.4 is 10.5 Å². The number of nitrogens with zero attached hydrogens (tertiary/aromatic N) is 2. The summed E-state index contributed by atoms with van der Waals surface area (Å²) in [6.07, 6.45) is 0.575. The van der Waals surface area contributed by atoms with Crippen LogP contribution in [0.3, 0.4) is 0 Å². The molecule has 3 N–H and O–H groups in total. The van der Waals surface area contributed by atoms with E-state index in [-0.39, 0.29) is 5.71 Å². The first kappa shape index (κ1) is 20.9. The summed E-state index contributed by atoms with van der Waals surface area (Å²) in [5.41, 5.74) is 8.71. The van der Waals surface area contributed by atoms with Gasteiger partial charge in [-0.3, -0.25) is 4.79 Å². The molecule has 0 fully saturated rings. The van der Waals surface area contributed by atoms with Crippen molar-refractivity contribution in [3.63, 3.8) is 0 Å². The minimum atomic E-state index is -1.10. The number of aromatic nitrogens is 1. The van der Waals surface area contributed by atoms with Gasteiger partial charge in [-0.25, -0.2) is 4.79 Å². The van der Waals surface area contributed by atoms with Crippen LogP contribution in [0.2, 0.25) is 0 Å². The van der Waals surface area contributed by atoms with E-state index in [9.17, 15) is 9.59 Å². The molecule has 8 heteroatoms. The van der Waals surface area contributed by atoms with Crippen LogP contribution in [0.4, 0.5) is 0 Å². The predicted octanol–water partition coefficient (Wildman–Crippen LogP) is 2.55. The molecule has 3 rings (SSSR count). The monoisotopic (exact) mass is 409 g/mol. The van der Waals surface area contributed by atoms with Crippen LogP contribution in [-0.4, -0.2) is 41.0 Å². The minimum Gasteiger partial charge on any atom is -0.481 e. The fourth-order valence-electron chi connectivity index (χ4n) is 3.55. The average Bonchev–Trinajstić information content (AvgIpc) is 3.04. The van der Waals surface area contributed by atoms with E-state index in [1.165, 1.54) is 7.11 Å². The molecular weight excluding hydrogens is 386 g/mol. The second-order valence-electron chi connectivity index (χ2n) is 6.57. The third-order valence-corrected chi connectivity index (χ3v) is 4.68. The van der Waals surface area contributed by atoms with Crippen molar-refractivity contribution in [2.45, 2.75) is 19.9 Å². The van der Waals surface area contributed by atoms with Crippen molar-refractivity contribution in [1.29, 1.82) is 0 Å². The Hall–Kier alpha value is -3.81. The Morgan fingerprint density at radius 1 is 1.13 bits per heavy atom. The molecule has 3 aromatic rings. The molecule has 1 aromatic heterocycles. The summed E-state index contributed by atoms with van der Waals surface area (Å²) >= 11 is 0. The molecule has 0 aliphatic rings. The number of hydrogen-bond acceptors (Lipinski definition) is 5. The second kappa shape index (κ2) is 9.13. The Morgan fingerprint density at radius 3 is 2.47 bits per heavy atom. The number of carbonyl (C=O) groups is 2. The average molecular weight is 409 g/mol. The molecule has 8 nitrogen and oxygen atoms in total. The van der Waals surface area contributed by atoms with E-state index in [1.54, 1.807) is 12.1 Å². The third-order valence-electron chi connectivity index (χ3n) is 4.68. The summed E-state index contributed by atoms with van der Waals surface area (Å²) in [7, 11) is 1.33. The van der Waals surface area contributed by atoms with E-state index in [1.807, 2.05) is 43.3 Å². The molecule has 0 atom stereocenters. The van der Waals surface area contributed by atoms with Gasteiger partial charge in [0.1, 0.15) is 12.9 Å². The van der Waals surface area contributed by atoms with Crippen LogP contribution in [0.15, 0.2) is 53.7 Å². The highest BCUT2D eigenvalue weighted by molar-refractivity contribution is 6.47. The lowest BCUT2D eigenvalue weighted by atomic mass is 10.0. The Kier molecular flexibility index (Phi) is 6.36. The lowest BCUT2D eigenvalue weighted by Gasteiger charge is -2.11. The summed E-state index contributed by atoms with van der Waals surface area (Å²) in [5, 5.41) is 13.5. The zero-order chi connectivity index (χ0) is 21.7. The largest absolute Gasteiger partial charge is 0.481 e. The van der Waals surface area contributed by atoms with Crippen molar-refractivity contribution < 1.29 is 24.3 Å². The number of ether oxygens (including phenoxy) is 1. The predicted molar refractivity (Wildman–Crippen MR) is 113 cm³/mol. The van der Waals surface area contributed by atoms with Crippen LogP contribution in [-0.2, 0) is 27.4 Å². The molecule has 0 aliphatic carbocycles. The van der Waals surface area contributed by atoms with Crippen LogP contribution in [0, 0.1) is 0 Å². The molecular formula is C22H23N3O5. The fourth-order valence-corrected chi connectivity index (χ4v) is 3.55. The third kappa shape index (κ3) is 4.12. The maximum Gasteiger partial charge on any atom is 0.341 e. The van der Waals surface area contributed by atoms with Gasteiger partial charge >= 0.3 is 5.97 Å². The van der Waals surface area contributed by atoms with Gasteiger partial charge in [-0.2, -0.15) is 0 Å². The van der Waals surface area contributed by atoms with Gasteiger partial charge < -0.3 is 25.0 Å². The first-order valence-electron chi connectivity index (χ1n) is 9.41. The van der Waals surface area contributed by atoms with Gasteiger partial charge in [0.15, 0.2) is 12.3 Å². The van der Waals surface area contributed by atoms with Gasteiger partial charge in [-0.1, -0.05) is 48.5 Å². The SMILES string of the molecule is CCc1c(C(=NOC)C(N)=O)c2c(OCC(=O)O)cccc2n1Cc1ccccc1. The molecule has 1 heterocycles. The molecule has 0 aliphatic heterocycles. The molecule has 0 radical (unpaired) electrons. The number of fused-ring (bicyclic) bond motifs is 1. The van der Waals surface area contributed by atoms with E-state index in [4.69, 9.17) is 20.4 Å². The summed E-state index contributed by atoms with van der Waals surface area (Å²) < 4.78 is 7.59. The summed E-state index contributed by atoms with van der Waals surface area (Å²) in [4.78, 5) is 28.2. The number of amides is 1. The Bertz CT molecular complexity index is 1100. The summed E-state index contributed by atoms with van der Waals surface area (Å²) in [5.74, 6) is -1.52. The number of rotatable bonds is 9. The topological polar surface area (TPSA) is 116 Å². The molecule has 0 bridgehead atoms. The molecule has 2 aromatic carbocycles. The van der Waals surface area contributed by atoms with E-state index < -0.39 is 18.5 Å². The molecule has 0 unspecified atom stereocenters. The first-order chi connectivity index (χ1) is 14.5. The quantitative estimate of drug-likeness (QED) is 0.416. The lowest BCUT2D eigenvalue weighted by molar-refractivity contribution is -0.139. The standard InChI is InChI=1S/C22H23N3O5/c1-3-15-20(21(22(23)28)24-29-2)19-16(10-7-11-17(19)30-13-18(26)27)25(15)12-14-8-5-4-6-9-14/h4-11H,3,12-13H2,1-2H3,(H2,23,28)(H,26,27). The van der Waals surface area contributed by atoms with Crippen LogP contribution in [0.1, 0.15) is 23.7 Å². The fraction of sp³-hybridized carbons (Fsp3) is 0.227. The van der Waals surface area contributed by atoms with Gasteiger partial charge in [0.05, 0.1) is 10.9 Å². The van der Waals surface area contributed by atoms with E-state index in [0.29, 0.717) is 29.7 Å². The smallest absolute Gasteiger partial charge is 0.341 e. The number of carboxylic acids is 1. The molecule has 0 spiro atoms. The van der Waals surface area contributed by atoms with Crippen molar-refractivity contribution >= 4 is 28.5 Å². The van der Waals surface area contributed by atoms with Gasteiger partial charge in [-0.05, 0) is 24.1 Å². The van der Waals surface area contributed by atoms with Gasteiger partial charge in [0.2, 0.25) is 0 Å². The Morgan fingerprint density at radius 2 is 1.87 bits per heavy atom. The molecule has 0 saturated carbocycles. The first-order valence-corrected chi connectivity index (χ1v) is 9.41.